The van der Waals surface area contributed by atoms with E-state index in [2.05, 4.69) is 0 Å². The van der Waals surface area contributed by atoms with E-state index in [0.29, 0.717) is 0 Å². The first-order chi connectivity index (χ1) is 8.03. The molecule has 2 rings (SSSR count). The Morgan fingerprint density at radius 3 is 2.94 bits per heavy atom. The van der Waals surface area contributed by atoms with Crippen LogP contribution in [0, 0.1) is 0 Å². The van der Waals surface area contributed by atoms with Gasteiger partial charge in [-0.15, -0.1) is 11.8 Å². The molecule has 1 aliphatic rings. The van der Waals surface area contributed by atoms with E-state index in [-0.39, 0.29) is 11.3 Å². The maximum Gasteiger partial charge on any atom is 0.264 e. The molecule has 92 valence electrons. The summed E-state index contributed by atoms with van der Waals surface area (Å²) in [5.41, 5.74) is 1.18. The molecule has 1 N–H and O–H groups in total. The first-order valence-electron chi connectivity index (χ1n) is 5.34. The lowest BCUT2D eigenvalue weighted by molar-refractivity contribution is -0.119. The van der Waals surface area contributed by atoms with Crippen LogP contribution in [0.1, 0.15) is 18.9 Å². The van der Waals surface area contributed by atoms with E-state index in [1.807, 2.05) is 10.8 Å². The van der Waals surface area contributed by atoms with Crippen molar-refractivity contribution in [1.82, 2.24) is 4.72 Å². The average molecular weight is 271 g/mol. The van der Waals surface area contributed by atoms with Crippen LogP contribution in [0.15, 0.2) is 28.0 Å². The third-order valence-electron chi connectivity index (χ3n) is 2.55. The Balaban J connectivity index is 2.31. The Kier molecular flexibility index (Phi) is 3.44. The number of sulfonamides is 1. The molecule has 0 spiro atoms. The van der Waals surface area contributed by atoms with E-state index in [4.69, 9.17) is 0 Å². The van der Waals surface area contributed by atoms with E-state index in [1.54, 1.807) is 30.8 Å². The summed E-state index contributed by atoms with van der Waals surface area (Å²) < 4.78 is 25.8. The number of rotatable bonds is 3. The summed E-state index contributed by atoms with van der Waals surface area (Å²) in [6, 6.07) is 5.01. The first kappa shape index (κ1) is 12.4. The third-order valence-corrected chi connectivity index (χ3v) is 5.02. The Labute approximate surface area is 105 Å². The molecule has 4 nitrogen and oxygen atoms in total. The molecule has 0 fully saturated rings. The van der Waals surface area contributed by atoms with Crippen LogP contribution in [0.25, 0.3) is 0 Å². The van der Waals surface area contributed by atoms with Gasteiger partial charge in [0.05, 0.1) is 4.90 Å². The average Bonchev–Trinajstić information content (AvgIpc) is 2.75. The largest absolute Gasteiger partial charge is 0.274 e. The molecular weight excluding hydrogens is 258 g/mol. The predicted octanol–water partition coefficient (Wildman–Crippen LogP) is 1.55. The molecule has 0 radical (unpaired) electrons. The van der Waals surface area contributed by atoms with Gasteiger partial charge in [0.15, 0.2) is 0 Å². The molecule has 17 heavy (non-hydrogen) atoms. The fourth-order valence-electron chi connectivity index (χ4n) is 1.59. The van der Waals surface area contributed by atoms with Crippen molar-refractivity contribution in [2.75, 3.05) is 5.75 Å². The quantitative estimate of drug-likeness (QED) is 0.906. The van der Waals surface area contributed by atoms with Crippen LogP contribution in [0.5, 0.6) is 0 Å². The zero-order chi connectivity index (χ0) is 12.5. The van der Waals surface area contributed by atoms with E-state index in [0.717, 1.165) is 17.1 Å². The summed E-state index contributed by atoms with van der Waals surface area (Å²) >= 11 is 1.65. The molecule has 6 heteroatoms. The molecule has 1 heterocycles. The van der Waals surface area contributed by atoms with Crippen molar-refractivity contribution in [2.24, 2.45) is 0 Å². The molecule has 0 atom stereocenters. The van der Waals surface area contributed by atoms with Crippen LogP contribution in [0.4, 0.5) is 0 Å². The van der Waals surface area contributed by atoms with Gasteiger partial charge in [-0.1, -0.05) is 13.0 Å². The summed E-state index contributed by atoms with van der Waals surface area (Å²) in [7, 11) is -3.71. The second-order valence-electron chi connectivity index (χ2n) is 3.75. The highest BCUT2D eigenvalue weighted by molar-refractivity contribution is 7.99. The van der Waals surface area contributed by atoms with Gasteiger partial charge in [-0.05, 0) is 24.1 Å². The number of carbonyl (C=O) groups excluding carboxylic acids is 1. The highest BCUT2D eigenvalue weighted by Crippen LogP contribution is 2.32. The lowest BCUT2D eigenvalue weighted by atomic mass is 10.2. The molecule has 0 aliphatic carbocycles. The molecule has 0 aromatic heterocycles. The van der Waals surface area contributed by atoms with Crippen molar-refractivity contribution in [3.05, 3.63) is 23.8 Å². The number of benzene rings is 1. The molecule has 0 saturated heterocycles. The molecule has 0 unspecified atom stereocenters. The fourth-order valence-corrected chi connectivity index (χ4v) is 3.86. The Hall–Kier alpha value is -1.01. The summed E-state index contributed by atoms with van der Waals surface area (Å²) in [6.07, 6.45) is 1.13. The third kappa shape index (κ3) is 2.63. The SMILES string of the molecule is CCC(=O)NS(=O)(=O)c1ccc2c(c1)SCC2. The summed E-state index contributed by atoms with van der Waals surface area (Å²) in [5, 5.41) is 0. The van der Waals surface area contributed by atoms with Crippen molar-refractivity contribution < 1.29 is 13.2 Å². The number of carbonyl (C=O) groups is 1. The Morgan fingerprint density at radius 1 is 1.47 bits per heavy atom. The number of nitrogens with one attached hydrogen (secondary N) is 1. The molecule has 1 amide bonds. The number of amides is 1. The van der Waals surface area contributed by atoms with Gasteiger partial charge in [-0.25, -0.2) is 13.1 Å². The molecule has 0 bridgehead atoms. The van der Waals surface area contributed by atoms with Crippen LogP contribution in [-0.4, -0.2) is 20.1 Å². The van der Waals surface area contributed by atoms with Crippen LogP contribution >= 0.6 is 11.8 Å². The predicted molar refractivity (Wildman–Crippen MR) is 66.5 cm³/mol. The van der Waals surface area contributed by atoms with E-state index < -0.39 is 15.9 Å². The topological polar surface area (TPSA) is 63.2 Å². The minimum absolute atomic E-state index is 0.152. The normalized spacial score (nSPS) is 14.4. The van der Waals surface area contributed by atoms with E-state index >= 15 is 0 Å². The minimum atomic E-state index is -3.71. The van der Waals surface area contributed by atoms with Gasteiger partial charge < -0.3 is 0 Å². The van der Waals surface area contributed by atoms with Crippen molar-refractivity contribution in [1.29, 1.82) is 0 Å². The standard InChI is InChI=1S/C11H13NO3S2/c1-2-11(13)12-17(14,15)9-4-3-8-5-6-16-10(8)7-9/h3-4,7H,2,5-6H2,1H3,(H,12,13). The van der Waals surface area contributed by atoms with Gasteiger partial charge in [-0.2, -0.15) is 0 Å². The van der Waals surface area contributed by atoms with Crippen LogP contribution in [0.3, 0.4) is 0 Å². The van der Waals surface area contributed by atoms with Crippen molar-refractivity contribution in [3.63, 3.8) is 0 Å². The van der Waals surface area contributed by atoms with Gasteiger partial charge in [0.1, 0.15) is 0 Å². The number of thioether (sulfide) groups is 1. The molecular formula is C11H13NO3S2. The minimum Gasteiger partial charge on any atom is -0.274 e. The van der Waals surface area contributed by atoms with Crippen molar-refractivity contribution in [2.45, 2.75) is 29.6 Å². The van der Waals surface area contributed by atoms with Crippen LogP contribution < -0.4 is 4.72 Å². The summed E-state index contributed by atoms with van der Waals surface area (Å²) in [5.74, 6) is 0.498. The number of fused-ring (bicyclic) bond motifs is 1. The van der Waals surface area contributed by atoms with Crippen molar-refractivity contribution in [3.8, 4) is 0 Å². The second-order valence-corrected chi connectivity index (χ2v) is 6.57. The molecule has 1 aromatic rings. The summed E-state index contributed by atoms with van der Waals surface area (Å²) in [6.45, 7) is 1.61. The van der Waals surface area contributed by atoms with Gasteiger partial charge in [0.25, 0.3) is 10.0 Å². The zero-order valence-corrected chi connectivity index (χ0v) is 11.0. The van der Waals surface area contributed by atoms with Gasteiger partial charge in [0, 0.05) is 17.1 Å². The molecule has 0 saturated carbocycles. The van der Waals surface area contributed by atoms with E-state index in [9.17, 15) is 13.2 Å². The smallest absolute Gasteiger partial charge is 0.264 e. The van der Waals surface area contributed by atoms with Crippen molar-refractivity contribution >= 4 is 27.7 Å². The highest BCUT2D eigenvalue weighted by Gasteiger charge is 2.20. The summed E-state index contributed by atoms with van der Waals surface area (Å²) in [4.78, 5) is 12.3. The van der Waals surface area contributed by atoms with E-state index in [1.165, 1.54) is 5.56 Å². The maximum atomic E-state index is 11.9. The number of hydrogen-bond acceptors (Lipinski definition) is 4. The Bertz CT molecular complexity index is 552. The highest BCUT2D eigenvalue weighted by atomic mass is 32.2. The number of hydrogen-bond donors (Lipinski definition) is 1. The first-order valence-corrected chi connectivity index (χ1v) is 7.81. The van der Waals surface area contributed by atoms with Gasteiger partial charge in [0.2, 0.25) is 5.91 Å². The maximum absolute atomic E-state index is 11.9. The zero-order valence-electron chi connectivity index (χ0n) is 9.39. The van der Waals surface area contributed by atoms with Crippen LogP contribution in [0.2, 0.25) is 0 Å². The van der Waals surface area contributed by atoms with Gasteiger partial charge >= 0.3 is 0 Å². The van der Waals surface area contributed by atoms with Gasteiger partial charge in [-0.3, -0.25) is 4.79 Å². The van der Waals surface area contributed by atoms with Crippen LogP contribution in [-0.2, 0) is 21.2 Å². The molecule has 1 aliphatic heterocycles. The lowest BCUT2D eigenvalue weighted by Gasteiger charge is -2.07. The molecule has 1 aromatic carbocycles. The Morgan fingerprint density at radius 2 is 2.24 bits per heavy atom. The fraction of sp³-hybridized carbons (Fsp3) is 0.364. The monoisotopic (exact) mass is 271 g/mol. The lowest BCUT2D eigenvalue weighted by Crippen LogP contribution is -2.29. The second kappa shape index (κ2) is 4.70. The number of aryl methyl sites for hydroxylation is 1.